The molecule has 3 aromatic carbocycles. The summed E-state index contributed by atoms with van der Waals surface area (Å²) in [5.74, 6) is -0.578. The first-order chi connectivity index (χ1) is 14.0. The summed E-state index contributed by atoms with van der Waals surface area (Å²) in [5, 5.41) is 3.72. The van der Waals surface area contributed by atoms with Crippen LogP contribution in [-0.4, -0.2) is 10.9 Å². The van der Waals surface area contributed by atoms with Gasteiger partial charge in [0.05, 0.1) is 5.56 Å². The summed E-state index contributed by atoms with van der Waals surface area (Å²) < 4.78 is 19.6. The zero-order valence-electron chi connectivity index (χ0n) is 14.8. The molecule has 0 bridgehead atoms. The summed E-state index contributed by atoms with van der Waals surface area (Å²) in [5.41, 5.74) is 2.48. The van der Waals surface area contributed by atoms with Gasteiger partial charge in [0.1, 0.15) is 11.3 Å². The largest absolute Gasteiger partial charge is 0.436 e. The highest BCUT2D eigenvalue weighted by Crippen LogP contribution is 2.28. The highest BCUT2D eigenvalue weighted by molar-refractivity contribution is 6.35. The highest BCUT2D eigenvalue weighted by Gasteiger charge is 2.12. The quantitative estimate of drug-likeness (QED) is 0.374. The van der Waals surface area contributed by atoms with Crippen molar-refractivity contribution >= 4 is 52.0 Å². The van der Waals surface area contributed by atoms with Gasteiger partial charge in [-0.3, -0.25) is 4.79 Å². The lowest BCUT2D eigenvalue weighted by atomic mass is 10.2. The van der Waals surface area contributed by atoms with Gasteiger partial charge in [0.2, 0.25) is 11.8 Å². The van der Waals surface area contributed by atoms with Crippen LogP contribution in [0.5, 0.6) is 0 Å². The number of oxazole rings is 1. The minimum absolute atomic E-state index is 0.179. The van der Waals surface area contributed by atoms with Crippen LogP contribution in [0, 0.1) is 5.82 Å². The average Bonchev–Trinajstić information content (AvgIpc) is 3.10. The van der Waals surface area contributed by atoms with Crippen LogP contribution in [0.25, 0.3) is 28.6 Å². The molecule has 0 saturated heterocycles. The van der Waals surface area contributed by atoms with Crippen LogP contribution in [0.15, 0.2) is 71.2 Å². The van der Waals surface area contributed by atoms with E-state index in [1.807, 2.05) is 0 Å². The van der Waals surface area contributed by atoms with Crippen molar-refractivity contribution < 1.29 is 13.6 Å². The van der Waals surface area contributed by atoms with E-state index in [1.54, 1.807) is 60.7 Å². The molecule has 4 aromatic rings. The van der Waals surface area contributed by atoms with Gasteiger partial charge >= 0.3 is 0 Å². The number of hydrogen-bond donors (Lipinski definition) is 1. The molecule has 7 heteroatoms. The molecule has 1 heterocycles. The van der Waals surface area contributed by atoms with E-state index in [-0.39, 0.29) is 17.4 Å². The summed E-state index contributed by atoms with van der Waals surface area (Å²) in [6.07, 6.45) is 2.96. The molecule has 4 rings (SSSR count). The van der Waals surface area contributed by atoms with E-state index in [0.29, 0.717) is 32.4 Å². The Kier molecular flexibility index (Phi) is 5.34. The zero-order chi connectivity index (χ0) is 20.4. The second kappa shape index (κ2) is 8.07. The molecule has 0 saturated carbocycles. The third kappa shape index (κ3) is 4.31. The molecular weight excluding hydrogens is 414 g/mol. The maximum atomic E-state index is 13.9. The second-order valence-corrected chi connectivity index (χ2v) is 7.01. The number of benzene rings is 3. The maximum Gasteiger partial charge on any atom is 0.248 e. The van der Waals surface area contributed by atoms with Crippen molar-refractivity contribution in [2.45, 2.75) is 0 Å². The maximum absolute atomic E-state index is 13.9. The van der Waals surface area contributed by atoms with Crippen LogP contribution in [0.1, 0.15) is 5.56 Å². The van der Waals surface area contributed by atoms with Crippen LogP contribution >= 0.6 is 23.2 Å². The molecule has 0 fully saturated rings. The van der Waals surface area contributed by atoms with Crippen LogP contribution < -0.4 is 5.32 Å². The number of halogens is 3. The van der Waals surface area contributed by atoms with Crippen molar-refractivity contribution in [2.75, 3.05) is 5.32 Å². The molecule has 0 radical (unpaired) electrons. The van der Waals surface area contributed by atoms with Gasteiger partial charge in [-0.05, 0) is 54.1 Å². The number of carbonyl (C=O) groups excluding carboxylic acids is 1. The molecule has 0 spiro atoms. The van der Waals surface area contributed by atoms with E-state index in [1.165, 1.54) is 12.1 Å². The Morgan fingerprint density at radius 2 is 1.90 bits per heavy atom. The molecule has 0 aliphatic rings. The normalized spacial score (nSPS) is 11.3. The highest BCUT2D eigenvalue weighted by atomic mass is 35.5. The average molecular weight is 427 g/mol. The molecule has 29 heavy (non-hydrogen) atoms. The summed E-state index contributed by atoms with van der Waals surface area (Å²) >= 11 is 12.0. The van der Waals surface area contributed by atoms with Gasteiger partial charge in [0.15, 0.2) is 5.58 Å². The Morgan fingerprint density at radius 3 is 2.69 bits per heavy atom. The van der Waals surface area contributed by atoms with Crippen molar-refractivity contribution in [1.29, 1.82) is 0 Å². The number of amides is 1. The number of carbonyl (C=O) groups is 1. The van der Waals surface area contributed by atoms with Crippen LogP contribution in [-0.2, 0) is 4.79 Å². The van der Waals surface area contributed by atoms with Crippen molar-refractivity contribution in [3.05, 3.63) is 88.2 Å². The molecule has 0 unspecified atom stereocenters. The molecule has 4 nitrogen and oxygen atoms in total. The fraction of sp³-hybridized carbons (Fsp3) is 0. The number of hydrogen-bond acceptors (Lipinski definition) is 3. The predicted molar refractivity (Wildman–Crippen MR) is 114 cm³/mol. The topological polar surface area (TPSA) is 55.1 Å². The molecule has 0 atom stereocenters. The van der Waals surface area contributed by atoms with Gasteiger partial charge < -0.3 is 9.73 Å². The van der Waals surface area contributed by atoms with Gasteiger partial charge in [0, 0.05) is 21.8 Å². The van der Waals surface area contributed by atoms with Crippen molar-refractivity contribution in [1.82, 2.24) is 4.98 Å². The first-order valence-corrected chi connectivity index (χ1v) is 9.35. The van der Waals surface area contributed by atoms with E-state index >= 15 is 0 Å². The monoisotopic (exact) mass is 426 g/mol. The zero-order valence-corrected chi connectivity index (χ0v) is 16.3. The van der Waals surface area contributed by atoms with Crippen molar-refractivity contribution in [3.8, 4) is 11.5 Å². The first kappa shape index (κ1) is 19.2. The Morgan fingerprint density at radius 1 is 1.07 bits per heavy atom. The van der Waals surface area contributed by atoms with Gasteiger partial charge in [-0.2, -0.15) is 0 Å². The van der Waals surface area contributed by atoms with Gasteiger partial charge in [-0.1, -0.05) is 41.4 Å². The molecule has 1 N–H and O–H groups in total. The Balaban J connectivity index is 1.53. The van der Waals surface area contributed by atoms with Gasteiger partial charge in [-0.25, -0.2) is 9.37 Å². The van der Waals surface area contributed by atoms with Gasteiger partial charge in [-0.15, -0.1) is 0 Å². The standard InChI is InChI=1S/C22H13Cl2FN2O2/c23-14-7-5-13(17(24)11-14)6-10-21(28)26-15-8-9-20-19(12-15)27-22(29-20)16-3-1-2-4-18(16)25/h1-12H,(H,26,28)/b10-6+. The van der Waals surface area contributed by atoms with Crippen LogP contribution in [0.3, 0.4) is 0 Å². The Bertz CT molecular complexity index is 1250. The molecule has 1 amide bonds. The minimum Gasteiger partial charge on any atom is -0.436 e. The molecule has 0 aliphatic carbocycles. The van der Waals surface area contributed by atoms with Gasteiger partial charge in [0.25, 0.3) is 0 Å². The molecule has 0 aliphatic heterocycles. The lowest BCUT2D eigenvalue weighted by Crippen LogP contribution is -2.07. The van der Waals surface area contributed by atoms with E-state index in [2.05, 4.69) is 10.3 Å². The Labute approximate surface area is 175 Å². The van der Waals surface area contributed by atoms with E-state index < -0.39 is 5.82 Å². The number of anilines is 1. The Hall–Kier alpha value is -3.15. The molecule has 1 aromatic heterocycles. The third-order valence-corrected chi connectivity index (χ3v) is 4.70. The number of nitrogens with zero attached hydrogens (tertiary/aromatic N) is 1. The summed E-state index contributed by atoms with van der Waals surface area (Å²) in [4.78, 5) is 16.5. The van der Waals surface area contributed by atoms with E-state index in [4.69, 9.17) is 27.6 Å². The summed E-state index contributed by atoms with van der Waals surface area (Å²) in [6.45, 7) is 0. The van der Waals surface area contributed by atoms with Crippen LogP contribution in [0.4, 0.5) is 10.1 Å². The SMILES string of the molecule is O=C(/C=C/c1ccc(Cl)cc1Cl)Nc1ccc2oc(-c3ccccc3F)nc2c1. The van der Waals surface area contributed by atoms with E-state index in [0.717, 1.165) is 0 Å². The lowest BCUT2D eigenvalue weighted by molar-refractivity contribution is -0.111. The number of aromatic nitrogens is 1. The fourth-order valence-corrected chi connectivity index (χ4v) is 3.21. The fourth-order valence-electron chi connectivity index (χ4n) is 2.74. The lowest BCUT2D eigenvalue weighted by Gasteiger charge is -2.02. The first-order valence-electron chi connectivity index (χ1n) is 8.59. The predicted octanol–water partition coefficient (Wildman–Crippen LogP) is 6.59. The summed E-state index contributed by atoms with van der Waals surface area (Å²) in [7, 11) is 0. The number of fused-ring (bicyclic) bond motifs is 1. The van der Waals surface area contributed by atoms with Crippen molar-refractivity contribution in [3.63, 3.8) is 0 Å². The summed E-state index contributed by atoms with van der Waals surface area (Å²) in [6, 6.07) is 16.3. The third-order valence-electron chi connectivity index (χ3n) is 4.14. The minimum atomic E-state index is -0.418. The van der Waals surface area contributed by atoms with E-state index in [9.17, 15) is 9.18 Å². The van der Waals surface area contributed by atoms with Crippen molar-refractivity contribution in [2.24, 2.45) is 0 Å². The number of nitrogens with one attached hydrogen (secondary N) is 1. The second-order valence-electron chi connectivity index (χ2n) is 6.17. The van der Waals surface area contributed by atoms with Crippen LogP contribution in [0.2, 0.25) is 10.0 Å². The molecular formula is C22H13Cl2FN2O2. The number of rotatable bonds is 4. The smallest absolute Gasteiger partial charge is 0.248 e. The molecule has 144 valence electrons.